The van der Waals surface area contributed by atoms with Gasteiger partial charge in [0.15, 0.2) is 25.0 Å². The van der Waals surface area contributed by atoms with Crippen LogP contribution < -0.4 is 0 Å². The Balaban J connectivity index is 1.13. The summed E-state index contributed by atoms with van der Waals surface area (Å²) in [5.74, 6) is -1.84. The number of carbonyl (C=O) groups is 5. The number of allylic oxidation sites excluding steroid dienone is 1. The van der Waals surface area contributed by atoms with Crippen LogP contribution in [0.3, 0.4) is 0 Å². The summed E-state index contributed by atoms with van der Waals surface area (Å²) in [4.78, 5) is 66.1. The molecule has 0 aromatic heterocycles. The number of ether oxygens (including phenoxy) is 3. The Kier molecular flexibility index (Phi) is 9.89. The van der Waals surface area contributed by atoms with Crippen molar-refractivity contribution in [3.63, 3.8) is 0 Å². The first-order chi connectivity index (χ1) is 23.7. The molecule has 9 heteroatoms. The Morgan fingerprint density at radius 3 is 2.12 bits per heavy atom. The summed E-state index contributed by atoms with van der Waals surface area (Å²) < 4.78 is 16.3. The summed E-state index contributed by atoms with van der Waals surface area (Å²) in [6, 6.07) is 10.1. The molecule has 1 spiro atoms. The molecule has 2 aromatic carbocycles. The number of hydrogen-bond donors (Lipinski definition) is 0. The Labute approximate surface area is 294 Å². The van der Waals surface area contributed by atoms with E-state index in [1.54, 1.807) is 39.0 Å². The number of ketones is 2. The van der Waals surface area contributed by atoms with E-state index in [9.17, 15) is 24.0 Å². The molecule has 0 unspecified atom stereocenters. The third-order valence-corrected chi connectivity index (χ3v) is 10.4. The van der Waals surface area contributed by atoms with Gasteiger partial charge in [-0.15, -0.1) is 0 Å². The third-order valence-electron chi connectivity index (χ3n) is 10.4. The lowest BCUT2D eigenvalue weighted by Crippen LogP contribution is -2.44. The van der Waals surface area contributed by atoms with Crippen LogP contribution in [0.25, 0.3) is 11.1 Å². The number of Topliss-reactive ketones (excluding diaryl/α,β-unsaturated/α-hetero) is 2. The zero-order chi connectivity index (χ0) is 35.8. The fourth-order valence-electron chi connectivity index (χ4n) is 7.93. The van der Waals surface area contributed by atoms with Gasteiger partial charge in [0.05, 0.1) is 5.92 Å². The summed E-state index contributed by atoms with van der Waals surface area (Å²) in [6.45, 7) is 8.61. The van der Waals surface area contributed by atoms with Gasteiger partial charge in [-0.3, -0.25) is 19.3 Å². The van der Waals surface area contributed by atoms with Gasteiger partial charge in [0.1, 0.15) is 5.60 Å². The standard InChI is InChI=1S/C41H47NO8/c1-25-8-9-29(18-25)37(45)48-24-36(44)31-15-14-30(32-20-41(21-33(31)32)16-6-7-17-41)27-10-12-28(13-11-27)35(43)23-49-38(46)34-19-26(2)22-42(34)39(47)50-40(3,4)5/h10-15,18-19,29,34H,6-9,16-17,20-24H2,1-5H3/t29-,34-/m0/s1. The molecule has 9 nitrogen and oxygen atoms in total. The second kappa shape index (κ2) is 14.0. The van der Waals surface area contributed by atoms with Crippen LogP contribution in [0.15, 0.2) is 59.7 Å². The highest BCUT2D eigenvalue weighted by Gasteiger charge is 2.42. The van der Waals surface area contributed by atoms with Crippen LogP contribution in [0.4, 0.5) is 4.79 Å². The van der Waals surface area contributed by atoms with Gasteiger partial charge in [0.2, 0.25) is 5.78 Å². The SMILES string of the molecule is CC1=C[C@@H](C(=O)OCC(=O)c2ccc(-c3ccc(C(=O)COC(=O)[C@@H]4C=C(C)CN4C(=O)OC(C)(C)C)cc3)c3c2CC2(CCCC2)C3)CC1. The van der Waals surface area contributed by atoms with E-state index in [0.29, 0.717) is 11.1 Å². The van der Waals surface area contributed by atoms with Crippen LogP contribution >= 0.6 is 0 Å². The highest BCUT2D eigenvalue weighted by molar-refractivity contribution is 6.01. The van der Waals surface area contributed by atoms with E-state index in [1.807, 2.05) is 44.2 Å². The summed E-state index contributed by atoms with van der Waals surface area (Å²) in [5.41, 5.74) is 6.61. The number of rotatable bonds is 9. The zero-order valence-corrected chi connectivity index (χ0v) is 29.8. The minimum atomic E-state index is -0.957. The molecule has 2 aromatic rings. The fourth-order valence-corrected chi connectivity index (χ4v) is 7.93. The minimum Gasteiger partial charge on any atom is -0.457 e. The second-order valence-corrected chi connectivity index (χ2v) is 15.5. The van der Waals surface area contributed by atoms with E-state index in [-0.39, 0.29) is 42.0 Å². The molecule has 0 radical (unpaired) electrons. The fraction of sp³-hybridized carbons (Fsp3) is 0.488. The Bertz CT molecular complexity index is 1770. The molecule has 1 amide bonds. The van der Waals surface area contributed by atoms with Crippen molar-refractivity contribution in [1.82, 2.24) is 4.90 Å². The molecule has 4 aliphatic rings. The lowest BCUT2D eigenvalue weighted by molar-refractivity contribution is -0.146. The number of hydrogen-bond acceptors (Lipinski definition) is 8. The van der Waals surface area contributed by atoms with E-state index >= 15 is 0 Å². The average molecular weight is 682 g/mol. The highest BCUT2D eigenvalue weighted by Crippen LogP contribution is 2.51. The first-order valence-corrected chi connectivity index (χ1v) is 17.7. The molecule has 1 heterocycles. The van der Waals surface area contributed by atoms with Crippen molar-refractivity contribution in [2.45, 2.75) is 97.6 Å². The molecule has 264 valence electrons. The lowest BCUT2D eigenvalue weighted by Gasteiger charge is -2.27. The summed E-state index contributed by atoms with van der Waals surface area (Å²) in [5, 5.41) is 0. The molecule has 1 fully saturated rings. The largest absolute Gasteiger partial charge is 0.457 e. The lowest BCUT2D eigenvalue weighted by atomic mass is 9.82. The van der Waals surface area contributed by atoms with Crippen molar-refractivity contribution in [1.29, 1.82) is 0 Å². The molecule has 0 N–H and O–H groups in total. The van der Waals surface area contributed by atoms with Crippen molar-refractivity contribution >= 4 is 29.6 Å². The van der Waals surface area contributed by atoms with Crippen molar-refractivity contribution in [3.8, 4) is 11.1 Å². The van der Waals surface area contributed by atoms with Crippen molar-refractivity contribution < 1.29 is 38.2 Å². The molecule has 3 aliphatic carbocycles. The molecular weight excluding hydrogens is 634 g/mol. The first-order valence-electron chi connectivity index (χ1n) is 17.7. The van der Waals surface area contributed by atoms with E-state index in [0.717, 1.165) is 66.4 Å². The third kappa shape index (κ3) is 7.62. The molecule has 50 heavy (non-hydrogen) atoms. The van der Waals surface area contributed by atoms with Crippen molar-refractivity contribution in [2.24, 2.45) is 11.3 Å². The predicted octanol–water partition coefficient (Wildman–Crippen LogP) is 7.39. The molecule has 0 saturated heterocycles. The maximum atomic E-state index is 13.5. The molecule has 1 saturated carbocycles. The van der Waals surface area contributed by atoms with Gasteiger partial charge in [-0.25, -0.2) is 9.59 Å². The van der Waals surface area contributed by atoms with E-state index in [2.05, 4.69) is 0 Å². The Morgan fingerprint density at radius 2 is 1.46 bits per heavy atom. The van der Waals surface area contributed by atoms with Crippen molar-refractivity contribution in [2.75, 3.05) is 19.8 Å². The van der Waals surface area contributed by atoms with Gasteiger partial charge in [0.25, 0.3) is 0 Å². The number of fused-ring (bicyclic) bond motifs is 1. The molecule has 0 bridgehead atoms. The summed E-state index contributed by atoms with van der Waals surface area (Å²) in [7, 11) is 0. The van der Waals surface area contributed by atoms with Crippen LogP contribution in [-0.4, -0.2) is 65.9 Å². The van der Waals surface area contributed by atoms with Crippen LogP contribution in [0.5, 0.6) is 0 Å². The van der Waals surface area contributed by atoms with Gasteiger partial charge in [-0.05, 0) is 101 Å². The van der Waals surface area contributed by atoms with Gasteiger partial charge in [-0.1, -0.05) is 72.5 Å². The quantitative estimate of drug-likeness (QED) is 0.117. The van der Waals surface area contributed by atoms with Gasteiger partial charge < -0.3 is 14.2 Å². The first kappa shape index (κ1) is 35.3. The number of nitrogens with zero attached hydrogens (tertiary/aromatic N) is 1. The maximum Gasteiger partial charge on any atom is 0.411 e. The second-order valence-electron chi connectivity index (χ2n) is 15.5. The summed E-state index contributed by atoms with van der Waals surface area (Å²) in [6.07, 6.45) is 10.9. The maximum absolute atomic E-state index is 13.5. The number of carbonyl (C=O) groups excluding carboxylic acids is 5. The topological polar surface area (TPSA) is 116 Å². The Hall–Kier alpha value is -4.53. The molecular formula is C41H47NO8. The van der Waals surface area contributed by atoms with E-state index in [4.69, 9.17) is 14.2 Å². The summed E-state index contributed by atoms with van der Waals surface area (Å²) >= 11 is 0. The smallest absolute Gasteiger partial charge is 0.411 e. The highest BCUT2D eigenvalue weighted by atomic mass is 16.6. The van der Waals surface area contributed by atoms with Crippen LogP contribution in [0.1, 0.15) is 105 Å². The monoisotopic (exact) mass is 681 g/mol. The molecule has 6 rings (SSSR count). The van der Waals surface area contributed by atoms with E-state index in [1.165, 1.54) is 23.3 Å². The Morgan fingerprint density at radius 1 is 0.800 bits per heavy atom. The van der Waals surface area contributed by atoms with Gasteiger partial charge >= 0.3 is 18.0 Å². The average Bonchev–Trinajstić information content (AvgIpc) is 3.88. The minimum absolute atomic E-state index is 0.141. The normalized spacial score (nSPS) is 20.7. The molecule has 1 aliphatic heterocycles. The van der Waals surface area contributed by atoms with Gasteiger partial charge in [0, 0.05) is 17.7 Å². The number of benzene rings is 2. The van der Waals surface area contributed by atoms with Crippen LogP contribution in [0.2, 0.25) is 0 Å². The van der Waals surface area contributed by atoms with Crippen LogP contribution in [-0.2, 0) is 36.6 Å². The van der Waals surface area contributed by atoms with Crippen LogP contribution in [0, 0.1) is 11.3 Å². The predicted molar refractivity (Wildman–Crippen MR) is 188 cm³/mol. The van der Waals surface area contributed by atoms with Crippen molar-refractivity contribution in [3.05, 3.63) is 82.0 Å². The number of amides is 1. The molecule has 2 atom stereocenters. The number of esters is 2. The zero-order valence-electron chi connectivity index (χ0n) is 29.8. The van der Waals surface area contributed by atoms with Gasteiger partial charge in [-0.2, -0.15) is 0 Å². The van der Waals surface area contributed by atoms with E-state index < -0.39 is 30.3 Å².